The number of nitro groups is 1. The second kappa shape index (κ2) is 22.3. The van der Waals surface area contributed by atoms with Gasteiger partial charge < -0.3 is 38.9 Å². The fourth-order valence-electron chi connectivity index (χ4n) is 9.35. The zero-order chi connectivity index (χ0) is 44.9. The Morgan fingerprint density at radius 2 is 1.67 bits per heavy atom. The molecule has 0 bridgehead atoms. The van der Waals surface area contributed by atoms with Crippen molar-refractivity contribution < 1.29 is 43.7 Å². The molecule has 1 aliphatic heterocycles. The number of fused-ring (bicyclic) bond motifs is 2. The van der Waals surface area contributed by atoms with E-state index in [1.165, 1.54) is 34.1 Å². The van der Waals surface area contributed by atoms with Gasteiger partial charge in [0, 0.05) is 60.9 Å². The lowest BCUT2D eigenvalue weighted by atomic mass is 9.55. The average molecular weight is 892 g/mol. The van der Waals surface area contributed by atoms with Gasteiger partial charge in [0.15, 0.2) is 0 Å². The first-order chi connectivity index (χ1) is 31.3. The van der Waals surface area contributed by atoms with Gasteiger partial charge in [-0.25, -0.2) is 4.79 Å². The maximum absolute atomic E-state index is 14.3. The maximum Gasteiger partial charge on any atom is 0.415 e. The molecule has 338 valence electrons. The van der Waals surface area contributed by atoms with Crippen molar-refractivity contribution in [3.8, 4) is 17.2 Å². The third kappa shape index (κ3) is 10.8. The number of rotatable bonds is 22. The van der Waals surface area contributed by atoms with Crippen LogP contribution in [0.1, 0.15) is 62.0 Å². The van der Waals surface area contributed by atoms with E-state index in [2.05, 4.69) is 30.9 Å². The van der Waals surface area contributed by atoms with Crippen LogP contribution in [0.2, 0.25) is 0 Å². The zero-order valence-corrected chi connectivity index (χ0v) is 37.0. The molecule has 3 aliphatic rings. The Morgan fingerprint density at radius 3 is 2.38 bits per heavy atom. The van der Waals surface area contributed by atoms with Gasteiger partial charge in [0.05, 0.1) is 29.8 Å². The monoisotopic (exact) mass is 891 g/mol. The minimum atomic E-state index is -1.49. The number of benzene rings is 4. The molecule has 1 heterocycles. The number of hydrogen-bond donors (Lipinski definition) is 2. The first-order valence-corrected chi connectivity index (χ1v) is 23.0. The Kier molecular flexibility index (Phi) is 16.1. The van der Waals surface area contributed by atoms with E-state index in [0.29, 0.717) is 36.7 Å². The number of hydrogen-bond acceptors (Lipinski definition) is 12. The lowest BCUT2D eigenvalue weighted by Gasteiger charge is -2.59. The Balaban J connectivity index is 1.34. The van der Waals surface area contributed by atoms with Crippen LogP contribution in [0.5, 0.6) is 17.2 Å². The Bertz CT molecular complexity index is 2240. The molecule has 4 aromatic carbocycles. The van der Waals surface area contributed by atoms with Crippen LogP contribution in [0.3, 0.4) is 0 Å². The van der Waals surface area contributed by atoms with Gasteiger partial charge in [0.25, 0.3) is 5.69 Å². The van der Waals surface area contributed by atoms with Crippen molar-refractivity contribution in [1.29, 1.82) is 0 Å². The quantitative estimate of drug-likeness (QED) is 0.0254. The number of allylic oxidation sites excluding steroid dienone is 1. The number of aliphatic hydroxyl groups excluding tert-OH is 2. The predicted molar refractivity (Wildman–Crippen MR) is 246 cm³/mol. The minimum absolute atomic E-state index is 0.0276. The molecule has 2 aliphatic carbocycles. The highest BCUT2D eigenvalue weighted by molar-refractivity contribution is 7.99. The number of nitrogens with zero attached hydrogens (tertiary/aromatic N) is 3. The predicted octanol–water partition coefficient (Wildman–Crippen LogP) is 9.73. The first kappa shape index (κ1) is 46.3. The minimum Gasteiger partial charge on any atom is -0.493 e. The fraction of sp³-hybridized carbons (Fsp3) is 0.400. The standard InChI is InChI=1S/C50H57N3O10S/c1-3-28-60-50-46(52(2)49(56)62-38-22-20-37(21-23-38)53(57)58)33-44(51-61-34-35-14-6-4-7-15-35)42-31-36(16-10-12-26-54)41(19-11-13-27-55)47(48(42)50)43-32-39(24-25-45(43)63-50)59-29-30-64-40-17-8-5-9-18-40/h3-9,14-15,17-18,20-25,31-32,36,41,46-48,54-55H,1,10-13,16,19,26-30,33-34H2,2H3/t36-,41+,46-,47+,48+,50+/m0/s1. The molecule has 0 saturated heterocycles. The Labute approximate surface area is 378 Å². The number of non-ortho nitro benzene ring substituents is 1. The molecular formula is C50H57N3O10S. The third-order valence-electron chi connectivity index (χ3n) is 12.3. The van der Waals surface area contributed by atoms with Gasteiger partial charge in [-0.15, -0.1) is 18.3 Å². The van der Waals surface area contributed by atoms with Crippen LogP contribution < -0.4 is 14.2 Å². The van der Waals surface area contributed by atoms with E-state index in [4.69, 9.17) is 28.9 Å². The molecule has 4 aromatic rings. The third-order valence-corrected chi connectivity index (χ3v) is 13.2. The molecule has 1 amide bonds. The summed E-state index contributed by atoms with van der Waals surface area (Å²) in [6.07, 6.45) is 7.87. The van der Waals surface area contributed by atoms with Gasteiger partial charge in [0.1, 0.15) is 29.9 Å². The number of nitro benzene ring substituents is 1. The highest BCUT2D eigenvalue weighted by atomic mass is 32.2. The molecular weight excluding hydrogens is 835 g/mol. The fourth-order valence-corrected chi connectivity index (χ4v) is 10.1. The van der Waals surface area contributed by atoms with Crippen LogP contribution >= 0.6 is 11.8 Å². The van der Waals surface area contributed by atoms with E-state index >= 15 is 0 Å². The molecule has 14 heteroatoms. The maximum atomic E-state index is 14.3. The molecule has 0 radical (unpaired) electrons. The van der Waals surface area contributed by atoms with Crippen molar-refractivity contribution in [3.05, 3.63) is 149 Å². The van der Waals surface area contributed by atoms with Crippen LogP contribution in [0.4, 0.5) is 10.5 Å². The van der Waals surface area contributed by atoms with E-state index in [9.17, 15) is 25.1 Å². The summed E-state index contributed by atoms with van der Waals surface area (Å²) >= 11 is 1.72. The number of carbonyl (C=O) groups excluding carboxylic acids is 1. The smallest absolute Gasteiger partial charge is 0.415 e. The summed E-state index contributed by atoms with van der Waals surface area (Å²) in [5.41, 5.74) is 3.30. The van der Waals surface area contributed by atoms with Gasteiger partial charge in [-0.05, 0) is 91.1 Å². The highest BCUT2D eigenvalue weighted by Crippen LogP contribution is 2.62. The summed E-state index contributed by atoms with van der Waals surface area (Å²) in [4.78, 5) is 33.9. The topological polar surface area (TPSA) is 162 Å². The van der Waals surface area contributed by atoms with E-state index in [-0.39, 0.29) is 62.0 Å². The highest BCUT2D eigenvalue weighted by Gasteiger charge is 2.65. The van der Waals surface area contributed by atoms with Crippen LogP contribution in [0, 0.1) is 27.9 Å². The summed E-state index contributed by atoms with van der Waals surface area (Å²) in [5, 5.41) is 36.1. The summed E-state index contributed by atoms with van der Waals surface area (Å²) in [5.74, 6) is 0.0133. The largest absolute Gasteiger partial charge is 0.493 e. The molecule has 13 nitrogen and oxygen atoms in total. The van der Waals surface area contributed by atoms with Crippen molar-refractivity contribution in [3.63, 3.8) is 0 Å². The molecule has 0 aromatic heterocycles. The van der Waals surface area contributed by atoms with Gasteiger partial charge in [0.2, 0.25) is 5.79 Å². The van der Waals surface area contributed by atoms with Gasteiger partial charge >= 0.3 is 6.09 Å². The van der Waals surface area contributed by atoms with Crippen molar-refractivity contribution in [2.45, 2.75) is 74.2 Å². The molecule has 0 spiro atoms. The molecule has 6 atom stereocenters. The zero-order valence-electron chi connectivity index (χ0n) is 36.2. The van der Waals surface area contributed by atoms with Crippen LogP contribution in [0.25, 0.3) is 0 Å². The van der Waals surface area contributed by atoms with Crippen molar-refractivity contribution in [2.24, 2.45) is 22.9 Å². The van der Waals surface area contributed by atoms with Gasteiger partial charge in [-0.3, -0.25) is 10.1 Å². The van der Waals surface area contributed by atoms with Crippen molar-refractivity contribution in [2.75, 3.05) is 39.2 Å². The normalized spacial score (nSPS) is 22.6. The number of carbonyl (C=O) groups is 1. The summed E-state index contributed by atoms with van der Waals surface area (Å²) < 4.78 is 26.5. The molecule has 2 N–H and O–H groups in total. The van der Waals surface area contributed by atoms with E-state index in [0.717, 1.165) is 48.1 Å². The number of unbranched alkanes of at least 4 members (excludes halogenated alkanes) is 2. The molecule has 1 saturated carbocycles. The number of aliphatic hydroxyl groups is 2. The Hall–Kier alpha value is -5.67. The van der Waals surface area contributed by atoms with Crippen LogP contribution in [0.15, 0.2) is 137 Å². The summed E-state index contributed by atoms with van der Waals surface area (Å²) in [6, 6.07) is 30.4. The molecule has 7 rings (SSSR count). The first-order valence-electron chi connectivity index (χ1n) is 22.0. The van der Waals surface area contributed by atoms with Crippen molar-refractivity contribution >= 4 is 29.3 Å². The van der Waals surface area contributed by atoms with E-state index in [1.54, 1.807) is 24.9 Å². The van der Waals surface area contributed by atoms with E-state index < -0.39 is 28.8 Å². The summed E-state index contributed by atoms with van der Waals surface area (Å²) in [6.45, 7) is 4.95. The van der Waals surface area contributed by atoms with E-state index in [1.807, 2.05) is 60.7 Å². The SMILES string of the molecule is C=CCO[C@@]12Oc3ccc(OCCSc4ccccc4)cc3[C@H]3[C@H](CCCCO)[C@@H](CCCCO)C=C(C(=NOCc4ccccc4)C[C@@H]1N(C)C(=O)Oc1ccc([N+](=O)[O-])cc1)[C@H]32. The van der Waals surface area contributed by atoms with Gasteiger partial charge in [-0.1, -0.05) is 78.7 Å². The van der Waals surface area contributed by atoms with Crippen LogP contribution in [-0.4, -0.2) is 82.9 Å². The summed E-state index contributed by atoms with van der Waals surface area (Å²) in [7, 11) is 1.63. The lowest BCUT2D eigenvalue weighted by Crippen LogP contribution is -2.69. The van der Waals surface area contributed by atoms with Crippen LogP contribution in [-0.2, 0) is 16.2 Å². The molecule has 0 unspecified atom stereocenters. The van der Waals surface area contributed by atoms with Gasteiger partial charge in [-0.2, -0.15) is 0 Å². The van der Waals surface area contributed by atoms with Crippen molar-refractivity contribution in [1.82, 2.24) is 4.90 Å². The second-order valence-electron chi connectivity index (χ2n) is 16.3. The molecule has 64 heavy (non-hydrogen) atoms. The lowest BCUT2D eigenvalue weighted by molar-refractivity contribution is -0.384. The molecule has 1 fully saturated rings. The second-order valence-corrected chi connectivity index (χ2v) is 17.4. The number of likely N-dealkylation sites (N-methyl/N-ethyl adjacent to an activating group) is 1. The number of thioether (sulfide) groups is 1. The number of amides is 1. The average Bonchev–Trinajstić information content (AvgIpc) is 3.31. The number of ether oxygens (including phenoxy) is 4. The number of oxime groups is 1. The Morgan fingerprint density at radius 1 is 0.969 bits per heavy atom.